The van der Waals surface area contributed by atoms with E-state index in [1.54, 1.807) is 0 Å². The van der Waals surface area contributed by atoms with Crippen LogP contribution in [0, 0.1) is 23.7 Å². The Balaban J connectivity index is 2.04. The average molecular weight is 281 g/mol. The molecule has 1 saturated carbocycles. The van der Waals surface area contributed by atoms with Crippen molar-refractivity contribution in [3.63, 3.8) is 0 Å². The number of carbonyl (C=O) groups excluding carboxylic acids is 1. The Bertz CT molecular complexity index is 369. The van der Waals surface area contributed by atoms with Gasteiger partial charge in [0.15, 0.2) is 0 Å². The summed E-state index contributed by atoms with van der Waals surface area (Å²) in [6.45, 7) is 5.90. The molecular formula is C16H27NO3. The Morgan fingerprint density at radius 3 is 2.35 bits per heavy atom. The van der Waals surface area contributed by atoms with E-state index in [2.05, 4.69) is 13.8 Å². The lowest BCUT2D eigenvalue weighted by atomic mass is 9.91. The van der Waals surface area contributed by atoms with Gasteiger partial charge in [-0.1, -0.05) is 26.7 Å². The van der Waals surface area contributed by atoms with Gasteiger partial charge in [-0.3, -0.25) is 9.59 Å². The summed E-state index contributed by atoms with van der Waals surface area (Å²) in [5, 5.41) is 9.37. The van der Waals surface area contributed by atoms with E-state index < -0.39 is 11.9 Å². The summed E-state index contributed by atoms with van der Waals surface area (Å²) in [6, 6.07) is 0. The van der Waals surface area contributed by atoms with Gasteiger partial charge in [-0.15, -0.1) is 0 Å². The number of carboxylic acid groups (broad SMARTS) is 1. The largest absolute Gasteiger partial charge is 0.481 e. The van der Waals surface area contributed by atoms with Crippen LogP contribution in [-0.2, 0) is 9.59 Å². The highest BCUT2D eigenvalue weighted by molar-refractivity contribution is 5.85. The maximum absolute atomic E-state index is 12.7. The molecule has 114 valence electrons. The second kappa shape index (κ2) is 6.59. The van der Waals surface area contributed by atoms with Crippen LogP contribution < -0.4 is 0 Å². The van der Waals surface area contributed by atoms with Gasteiger partial charge in [0.1, 0.15) is 0 Å². The molecule has 0 radical (unpaired) electrons. The molecule has 2 fully saturated rings. The van der Waals surface area contributed by atoms with Crippen LogP contribution in [0.15, 0.2) is 0 Å². The van der Waals surface area contributed by atoms with Crippen molar-refractivity contribution < 1.29 is 14.7 Å². The lowest BCUT2D eigenvalue weighted by molar-refractivity contribution is -0.149. The van der Waals surface area contributed by atoms with Crippen molar-refractivity contribution >= 4 is 11.9 Å². The molecule has 2 aliphatic rings. The fourth-order valence-corrected chi connectivity index (χ4v) is 3.86. The van der Waals surface area contributed by atoms with Crippen molar-refractivity contribution in [1.82, 2.24) is 4.90 Å². The first kappa shape index (κ1) is 15.3. The van der Waals surface area contributed by atoms with Gasteiger partial charge in [-0.05, 0) is 37.5 Å². The van der Waals surface area contributed by atoms with E-state index in [9.17, 15) is 14.7 Å². The standard InChI is InChI=1S/C16H27NO3/c1-3-11-6-5-7-17(10-11)15(18)13-8-12(4-2)9-14(13)16(19)20/h11-14H,3-10H2,1-2H3,(H,19,20)/t11?,12?,13-,14+/m0/s1. The molecule has 1 N–H and O–H groups in total. The van der Waals surface area contributed by atoms with Gasteiger partial charge < -0.3 is 10.0 Å². The normalized spacial score (nSPS) is 34.2. The van der Waals surface area contributed by atoms with Gasteiger partial charge in [0.05, 0.1) is 11.8 Å². The molecule has 2 unspecified atom stereocenters. The quantitative estimate of drug-likeness (QED) is 0.862. The van der Waals surface area contributed by atoms with E-state index >= 15 is 0 Å². The van der Waals surface area contributed by atoms with Crippen LogP contribution in [-0.4, -0.2) is 35.0 Å². The van der Waals surface area contributed by atoms with Crippen molar-refractivity contribution in [2.24, 2.45) is 23.7 Å². The minimum atomic E-state index is -0.789. The van der Waals surface area contributed by atoms with Crippen LogP contribution in [0.4, 0.5) is 0 Å². The molecule has 4 heteroatoms. The van der Waals surface area contributed by atoms with Crippen LogP contribution in [0.1, 0.15) is 52.4 Å². The predicted molar refractivity (Wildman–Crippen MR) is 77.2 cm³/mol. The van der Waals surface area contributed by atoms with E-state index in [0.29, 0.717) is 18.3 Å². The third kappa shape index (κ3) is 3.15. The number of hydrogen-bond donors (Lipinski definition) is 1. The molecule has 1 aliphatic carbocycles. The number of amides is 1. The van der Waals surface area contributed by atoms with Crippen LogP contribution in [0.2, 0.25) is 0 Å². The van der Waals surface area contributed by atoms with Gasteiger partial charge in [-0.2, -0.15) is 0 Å². The first-order valence-electron chi connectivity index (χ1n) is 8.08. The number of carbonyl (C=O) groups is 2. The molecule has 0 bridgehead atoms. The van der Waals surface area contributed by atoms with Gasteiger partial charge in [-0.25, -0.2) is 0 Å². The molecule has 1 amide bonds. The first-order valence-corrected chi connectivity index (χ1v) is 8.08. The van der Waals surface area contributed by atoms with Gasteiger partial charge in [0.2, 0.25) is 5.91 Å². The highest BCUT2D eigenvalue weighted by Gasteiger charge is 2.44. The monoisotopic (exact) mass is 281 g/mol. The minimum Gasteiger partial charge on any atom is -0.481 e. The fraction of sp³-hybridized carbons (Fsp3) is 0.875. The summed E-state index contributed by atoms with van der Waals surface area (Å²) in [7, 11) is 0. The van der Waals surface area contributed by atoms with E-state index in [-0.39, 0.29) is 11.8 Å². The zero-order valence-electron chi connectivity index (χ0n) is 12.7. The van der Waals surface area contributed by atoms with E-state index in [1.807, 2.05) is 4.90 Å². The summed E-state index contributed by atoms with van der Waals surface area (Å²) in [5.41, 5.74) is 0. The Morgan fingerprint density at radius 1 is 1.10 bits per heavy atom. The number of hydrogen-bond acceptors (Lipinski definition) is 2. The molecule has 0 aromatic heterocycles. The molecule has 4 atom stereocenters. The first-order chi connectivity index (χ1) is 9.56. The Labute approximate surface area is 121 Å². The molecule has 0 aromatic rings. The number of likely N-dealkylation sites (tertiary alicyclic amines) is 1. The lowest BCUT2D eigenvalue weighted by Crippen LogP contribution is -2.44. The predicted octanol–water partition coefficient (Wildman–Crippen LogP) is 2.77. The van der Waals surface area contributed by atoms with Gasteiger partial charge in [0.25, 0.3) is 0 Å². The minimum absolute atomic E-state index is 0.103. The van der Waals surface area contributed by atoms with Crippen LogP contribution in [0.3, 0.4) is 0 Å². The molecule has 1 saturated heterocycles. The third-order valence-corrected chi connectivity index (χ3v) is 5.28. The third-order valence-electron chi connectivity index (χ3n) is 5.28. The number of carboxylic acids is 1. The number of rotatable bonds is 4. The topological polar surface area (TPSA) is 57.6 Å². The van der Waals surface area contributed by atoms with Crippen molar-refractivity contribution in [1.29, 1.82) is 0 Å². The fourth-order valence-electron chi connectivity index (χ4n) is 3.86. The van der Waals surface area contributed by atoms with Gasteiger partial charge in [0, 0.05) is 13.1 Å². The van der Waals surface area contributed by atoms with Crippen LogP contribution in [0.25, 0.3) is 0 Å². The second-order valence-corrected chi connectivity index (χ2v) is 6.50. The SMILES string of the molecule is CCC1C[C@H](C(=O)N2CCCC(CC)C2)[C@H](C(=O)O)C1. The molecule has 1 aliphatic heterocycles. The van der Waals surface area contributed by atoms with Crippen LogP contribution in [0.5, 0.6) is 0 Å². The van der Waals surface area contributed by atoms with E-state index in [4.69, 9.17) is 0 Å². The van der Waals surface area contributed by atoms with Crippen LogP contribution >= 0.6 is 0 Å². The number of piperidine rings is 1. The summed E-state index contributed by atoms with van der Waals surface area (Å²) >= 11 is 0. The Morgan fingerprint density at radius 2 is 1.75 bits per heavy atom. The lowest BCUT2D eigenvalue weighted by Gasteiger charge is -2.34. The zero-order valence-corrected chi connectivity index (χ0v) is 12.7. The molecule has 1 heterocycles. The average Bonchev–Trinajstić information content (AvgIpc) is 2.91. The molecule has 0 aromatic carbocycles. The summed E-state index contributed by atoms with van der Waals surface area (Å²) < 4.78 is 0. The maximum atomic E-state index is 12.7. The van der Waals surface area contributed by atoms with Gasteiger partial charge >= 0.3 is 5.97 Å². The smallest absolute Gasteiger partial charge is 0.307 e. The Kier molecular flexibility index (Phi) is 5.06. The second-order valence-electron chi connectivity index (χ2n) is 6.50. The molecule has 0 spiro atoms. The van der Waals surface area contributed by atoms with Crippen molar-refractivity contribution in [2.75, 3.05) is 13.1 Å². The summed E-state index contributed by atoms with van der Waals surface area (Å²) in [4.78, 5) is 26.1. The summed E-state index contributed by atoms with van der Waals surface area (Å²) in [6.07, 6.45) is 5.78. The Hall–Kier alpha value is -1.06. The van der Waals surface area contributed by atoms with Crippen molar-refractivity contribution in [3.8, 4) is 0 Å². The summed E-state index contributed by atoms with van der Waals surface area (Å²) in [5.74, 6) is -0.437. The molecule has 20 heavy (non-hydrogen) atoms. The highest BCUT2D eigenvalue weighted by atomic mass is 16.4. The molecular weight excluding hydrogens is 254 g/mol. The van der Waals surface area contributed by atoms with Crippen molar-refractivity contribution in [2.45, 2.75) is 52.4 Å². The maximum Gasteiger partial charge on any atom is 0.307 e. The number of aliphatic carboxylic acids is 1. The zero-order chi connectivity index (χ0) is 14.7. The van der Waals surface area contributed by atoms with Crippen molar-refractivity contribution in [3.05, 3.63) is 0 Å². The van der Waals surface area contributed by atoms with E-state index in [1.165, 1.54) is 6.42 Å². The van der Waals surface area contributed by atoms with E-state index in [0.717, 1.165) is 38.8 Å². The number of nitrogens with zero attached hydrogens (tertiary/aromatic N) is 1. The molecule has 2 rings (SSSR count). The molecule has 4 nitrogen and oxygen atoms in total. The highest BCUT2D eigenvalue weighted by Crippen LogP contribution is 2.40.